The van der Waals surface area contributed by atoms with E-state index >= 15 is 0 Å². The van der Waals surface area contributed by atoms with Crippen LogP contribution in [0.2, 0.25) is 0 Å². The molecule has 0 aromatic heterocycles. The SMILES string of the molecule is CCC(O)(Cc1ccc(C)cc1)c1cccc(Br)c1. The minimum absolute atomic E-state index is 0.639. The van der Waals surface area contributed by atoms with Crippen molar-refractivity contribution in [2.45, 2.75) is 32.3 Å². The van der Waals surface area contributed by atoms with Crippen molar-refractivity contribution >= 4 is 15.9 Å². The minimum atomic E-state index is -0.807. The Balaban J connectivity index is 2.30. The van der Waals surface area contributed by atoms with Gasteiger partial charge in [0.15, 0.2) is 0 Å². The van der Waals surface area contributed by atoms with Crippen LogP contribution in [0, 0.1) is 6.92 Å². The fourth-order valence-corrected chi connectivity index (χ4v) is 2.65. The Kier molecular flexibility index (Phi) is 4.43. The van der Waals surface area contributed by atoms with E-state index in [-0.39, 0.29) is 0 Å². The van der Waals surface area contributed by atoms with Gasteiger partial charge in [0.2, 0.25) is 0 Å². The predicted octanol–water partition coefficient (Wildman–Crippen LogP) is 4.60. The number of hydrogen-bond donors (Lipinski definition) is 1. The van der Waals surface area contributed by atoms with Crippen LogP contribution >= 0.6 is 15.9 Å². The molecule has 0 aliphatic carbocycles. The van der Waals surface area contributed by atoms with E-state index in [0.29, 0.717) is 12.8 Å². The zero-order chi connectivity index (χ0) is 13.9. The highest BCUT2D eigenvalue weighted by atomic mass is 79.9. The number of rotatable bonds is 4. The second-order valence-corrected chi connectivity index (χ2v) is 5.97. The molecule has 0 aliphatic rings. The molecule has 1 atom stereocenters. The van der Waals surface area contributed by atoms with Gasteiger partial charge in [-0.1, -0.05) is 64.8 Å². The zero-order valence-corrected chi connectivity index (χ0v) is 12.9. The van der Waals surface area contributed by atoms with Gasteiger partial charge in [-0.2, -0.15) is 0 Å². The topological polar surface area (TPSA) is 20.2 Å². The Labute approximate surface area is 123 Å². The molecule has 1 N–H and O–H groups in total. The summed E-state index contributed by atoms with van der Waals surface area (Å²) in [5, 5.41) is 10.9. The Bertz CT molecular complexity index is 547. The van der Waals surface area contributed by atoms with Crippen molar-refractivity contribution in [3.63, 3.8) is 0 Å². The van der Waals surface area contributed by atoms with Gasteiger partial charge in [-0.3, -0.25) is 0 Å². The predicted molar refractivity (Wildman–Crippen MR) is 83.2 cm³/mol. The number of aryl methyl sites for hydroxylation is 1. The highest BCUT2D eigenvalue weighted by molar-refractivity contribution is 9.10. The molecule has 2 aromatic rings. The first-order valence-electron chi connectivity index (χ1n) is 6.57. The molecule has 0 fully saturated rings. The summed E-state index contributed by atoms with van der Waals surface area (Å²) in [4.78, 5) is 0. The van der Waals surface area contributed by atoms with Crippen LogP contribution in [0.5, 0.6) is 0 Å². The van der Waals surface area contributed by atoms with Crippen molar-refractivity contribution in [3.8, 4) is 0 Å². The molecule has 0 spiro atoms. The molecule has 0 aliphatic heterocycles. The van der Waals surface area contributed by atoms with E-state index in [4.69, 9.17) is 0 Å². The Morgan fingerprint density at radius 1 is 1.11 bits per heavy atom. The molecule has 100 valence electrons. The highest BCUT2D eigenvalue weighted by Crippen LogP contribution is 2.30. The van der Waals surface area contributed by atoms with E-state index in [1.54, 1.807) is 0 Å². The maximum atomic E-state index is 10.9. The van der Waals surface area contributed by atoms with Crippen LogP contribution < -0.4 is 0 Å². The summed E-state index contributed by atoms with van der Waals surface area (Å²) >= 11 is 3.47. The third-order valence-electron chi connectivity index (χ3n) is 3.56. The van der Waals surface area contributed by atoms with Gasteiger partial charge in [0.05, 0.1) is 5.60 Å². The maximum Gasteiger partial charge on any atom is 0.0934 e. The third-order valence-corrected chi connectivity index (χ3v) is 4.06. The average molecular weight is 319 g/mol. The van der Waals surface area contributed by atoms with E-state index < -0.39 is 5.60 Å². The first-order chi connectivity index (χ1) is 9.03. The monoisotopic (exact) mass is 318 g/mol. The van der Waals surface area contributed by atoms with Crippen molar-refractivity contribution in [2.24, 2.45) is 0 Å². The lowest BCUT2D eigenvalue weighted by molar-refractivity contribution is 0.0327. The molecule has 1 unspecified atom stereocenters. The van der Waals surface area contributed by atoms with Gasteiger partial charge in [0.1, 0.15) is 0 Å². The summed E-state index contributed by atoms with van der Waals surface area (Å²) in [5.41, 5.74) is 2.56. The molecule has 0 radical (unpaired) electrons. The Morgan fingerprint density at radius 2 is 1.79 bits per heavy atom. The third kappa shape index (κ3) is 3.46. The van der Waals surface area contributed by atoms with Gasteiger partial charge in [0, 0.05) is 10.9 Å². The Hall–Kier alpha value is -1.12. The molecule has 0 saturated carbocycles. The number of halogens is 1. The molecule has 0 heterocycles. The van der Waals surface area contributed by atoms with Crippen LogP contribution in [0.3, 0.4) is 0 Å². The lowest BCUT2D eigenvalue weighted by Gasteiger charge is -2.28. The molecule has 1 nitrogen and oxygen atoms in total. The van der Waals surface area contributed by atoms with Gasteiger partial charge in [0.25, 0.3) is 0 Å². The molecular formula is C17H19BrO. The van der Waals surface area contributed by atoms with E-state index in [9.17, 15) is 5.11 Å². The molecule has 2 aromatic carbocycles. The van der Waals surface area contributed by atoms with Crippen LogP contribution in [0.25, 0.3) is 0 Å². The summed E-state index contributed by atoms with van der Waals surface area (Å²) < 4.78 is 1.00. The Morgan fingerprint density at radius 3 is 2.37 bits per heavy atom. The van der Waals surface area contributed by atoms with Gasteiger partial charge >= 0.3 is 0 Å². The van der Waals surface area contributed by atoms with Crippen molar-refractivity contribution in [3.05, 3.63) is 69.7 Å². The van der Waals surface area contributed by atoms with Crippen molar-refractivity contribution in [1.29, 1.82) is 0 Å². The van der Waals surface area contributed by atoms with Crippen LogP contribution in [-0.2, 0) is 12.0 Å². The molecule has 0 amide bonds. The smallest absolute Gasteiger partial charge is 0.0934 e. The molecule has 2 rings (SSSR count). The van der Waals surface area contributed by atoms with E-state index in [0.717, 1.165) is 15.6 Å². The summed E-state index contributed by atoms with van der Waals surface area (Å²) in [7, 11) is 0. The van der Waals surface area contributed by atoms with Crippen molar-refractivity contribution in [1.82, 2.24) is 0 Å². The first-order valence-corrected chi connectivity index (χ1v) is 7.37. The van der Waals surface area contributed by atoms with Crippen LogP contribution in [-0.4, -0.2) is 5.11 Å². The molecule has 19 heavy (non-hydrogen) atoms. The zero-order valence-electron chi connectivity index (χ0n) is 11.4. The normalized spacial score (nSPS) is 14.1. The first kappa shape index (κ1) is 14.3. The second kappa shape index (κ2) is 5.89. The maximum absolute atomic E-state index is 10.9. The quantitative estimate of drug-likeness (QED) is 0.873. The van der Waals surface area contributed by atoms with Gasteiger partial charge in [-0.15, -0.1) is 0 Å². The second-order valence-electron chi connectivity index (χ2n) is 5.06. The lowest BCUT2D eigenvalue weighted by Crippen LogP contribution is -2.27. The lowest BCUT2D eigenvalue weighted by atomic mass is 9.85. The highest BCUT2D eigenvalue weighted by Gasteiger charge is 2.27. The number of hydrogen-bond acceptors (Lipinski definition) is 1. The molecule has 0 bridgehead atoms. The van der Waals surface area contributed by atoms with Crippen molar-refractivity contribution < 1.29 is 5.11 Å². The summed E-state index contributed by atoms with van der Waals surface area (Å²) in [5.74, 6) is 0. The standard InChI is InChI=1S/C17H19BrO/c1-3-17(19,15-5-4-6-16(18)11-15)12-14-9-7-13(2)8-10-14/h4-11,19H,3,12H2,1-2H3. The van der Waals surface area contributed by atoms with Crippen LogP contribution in [0.15, 0.2) is 53.0 Å². The summed E-state index contributed by atoms with van der Waals surface area (Å²) in [6, 6.07) is 16.3. The van der Waals surface area contributed by atoms with Crippen molar-refractivity contribution in [2.75, 3.05) is 0 Å². The summed E-state index contributed by atoms with van der Waals surface area (Å²) in [6.45, 7) is 4.10. The minimum Gasteiger partial charge on any atom is -0.385 e. The largest absolute Gasteiger partial charge is 0.385 e. The van der Waals surface area contributed by atoms with Gasteiger partial charge in [-0.05, 0) is 36.6 Å². The van der Waals surface area contributed by atoms with E-state index in [1.807, 2.05) is 31.2 Å². The molecule has 2 heteroatoms. The molecular weight excluding hydrogens is 300 g/mol. The van der Waals surface area contributed by atoms with E-state index in [2.05, 4.69) is 47.1 Å². The number of benzene rings is 2. The van der Waals surface area contributed by atoms with Gasteiger partial charge < -0.3 is 5.11 Å². The fourth-order valence-electron chi connectivity index (χ4n) is 2.25. The summed E-state index contributed by atoms with van der Waals surface area (Å²) in [6.07, 6.45) is 1.33. The van der Waals surface area contributed by atoms with Crippen LogP contribution in [0.1, 0.15) is 30.0 Å². The average Bonchev–Trinajstić information content (AvgIpc) is 2.41. The molecule has 0 saturated heterocycles. The van der Waals surface area contributed by atoms with Gasteiger partial charge in [-0.25, -0.2) is 0 Å². The van der Waals surface area contributed by atoms with E-state index in [1.165, 1.54) is 5.56 Å². The van der Waals surface area contributed by atoms with Crippen LogP contribution in [0.4, 0.5) is 0 Å². The fraction of sp³-hybridized carbons (Fsp3) is 0.294. The number of aliphatic hydroxyl groups is 1.